The molecule has 1 fully saturated rings. The van der Waals surface area contributed by atoms with Crippen molar-refractivity contribution in [1.29, 1.82) is 0 Å². The van der Waals surface area contributed by atoms with Crippen molar-refractivity contribution in [2.75, 3.05) is 0 Å². The molecule has 0 N–H and O–H groups in total. The van der Waals surface area contributed by atoms with Crippen molar-refractivity contribution >= 4 is 23.9 Å². The lowest BCUT2D eigenvalue weighted by Gasteiger charge is -2.18. The second kappa shape index (κ2) is 8.23. The fraction of sp³-hybridized carbons (Fsp3) is 0.692. The van der Waals surface area contributed by atoms with E-state index in [-0.39, 0.29) is 19.3 Å². The summed E-state index contributed by atoms with van der Waals surface area (Å²) in [6.07, 6.45) is -0.617. The minimum Gasteiger partial charge on any atom is -0.425 e. The van der Waals surface area contributed by atoms with E-state index < -0.39 is 30.2 Å². The second-order valence-corrected chi connectivity index (χ2v) is 4.50. The first-order chi connectivity index (χ1) is 9.97. The molecule has 8 nitrogen and oxygen atoms in total. The Bertz CT molecular complexity index is 405. The molecule has 1 aliphatic rings. The maximum Gasteiger partial charge on any atom is 0.537 e. The van der Waals surface area contributed by atoms with Crippen LogP contribution in [0.4, 0.5) is 4.79 Å². The average Bonchev–Trinajstić information content (AvgIpc) is 2.71. The molecule has 1 heterocycles. The van der Waals surface area contributed by atoms with Crippen LogP contribution in [0.2, 0.25) is 0 Å². The van der Waals surface area contributed by atoms with Crippen molar-refractivity contribution in [3.63, 3.8) is 0 Å². The first-order valence-electron chi connectivity index (χ1n) is 6.91. The van der Waals surface area contributed by atoms with Crippen LogP contribution in [0, 0.1) is 0 Å². The van der Waals surface area contributed by atoms with Gasteiger partial charge < -0.3 is 9.47 Å². The molecule has 0 saturated carbocycles. The number of hydroxylamine groups is 2. The lowest BCUT2D eigenvalue weighted by atomic mass is 10.3. The summed E-state index contributed by atoms with van der Waals surface area (Å²) in [5, 5.41) is 0.374. The van der Waals surface area contributed by atoms with Crippen LogP contribution in [0.1, 0.15) is 52.4 Å². The number of imide groups is 1. The van der Waals surface area contributed by atoms with E-state index in [1.54, 1.807) is 0 Å². The Balaban J connectivity index is 2.49. The van der Waals surface area contributed by atoms with Crippen LogP contribution >= 0.6 is 0 Å². The van der Waals surface area contributed by atoms with Crippen molar-refractivity contribution < 1.29 is 33.5 Å². The lowest BCUT2D eigenvalue weighted by molar-refractivity contribution is -0.194. The highest BCUT2D eigenvalue weighted by Crippen LogP contribution is 2.14. The van der Waals surface area contributed by atoms with E-state index in [9.17, 15) is 19.2 Å². The predicted molar refractivity (Wildman–Crippen MR) is 68.3 cm³/mol. The third-order valence-electron chi connectivity index (χ3n) is 2.64. The quantitative estimate of drug-likeness (QED) is 0.400. The van der Waals surface area contributed by atoms with Crippen LogP contribution < -0.4 is 0 Å². The van der Waals surface area contributed by atoms with Crippen LogP contribution in [0.15, 0.2) is 0 Å². The van der Waals surface area contributed by atoms with Crippen LogP contribution in [-0.4, -0.2) is 35.3 Å². The van der Waals surface area contributed by atoms with Gasteiger partial charge in [0.25, 0.3) is 18.1 Å². The molecule has 0 spiro atoms. The normalized spacial score (nSPS) is 15.8. The van der Waals surface area contributed by atoms with E-state index in [1.165, 1.54) is 0 Å². The summed E-state index contributed by atoms with van der Waals surface area (Å²) in [4.78, 5) is 50.0. The van der Waals surface area contributed by atoms with Gasteiger partial charge >= 0.3 is 12.1 Å². The van der Waals surface area contributed by atoms with Crippen molar-refractivity contribution in [2.24, 2.45) is 0 Å². The van der Waals surface area contributed by atoms with E-state index in [2.05, 4.69) is 4.84 Å². The Labute approximate surface area is 122 Å². The van der Waals surface area contributed by atoms with E-state index in [1.807, 2.05) is 13.8 Å². The smallest absolute Gasteiger partial charge is 0.425 e. The molecule has 0 aromatic heterocycles. The van der Waals surface area contributed by atoms with Gasteiger partial charge in [-0.15, -0.1) is 0 Å². The van der Waals surface area contributed by atoms with Crippen molar-refractivity contribution in [2.45, 2.75) is 58.7 Å². The van der Waals surface area contributed by atoms with E-state index in [4.69, 9.17) is 9.47 Å². The molecule has 1 saturated heterocycles. The summed E-state index contributed by atoms with van der Waals surface area (Å²) >= 11 is 0. The number of esters is 1. The highest BCUT2D eigenvalue weighted by Gasteiger charge is 2.34. The molecule has 8 heteroatoms. The molecular weight excluding hydrogens is 282 g/mol. The predicted octanol–water partition coefficient (Wildman–Crippen LogP) is 1.67. The molecule has 1 atom stereocenters. The number of nitrogens with zero attached hydrogens (tertiary/aromatic N) is 1. The summed E-state index contributed by atoms with van der Waals surface area (Å²) in [5.41, 5.74) is 0. The third kappa shape index (κ3) is 5.41. The van der Waals surface area contributed by atoms with Crippen molar-refractivity contribution in [1.82, 2.24) is 5.06 Å². The third-order valence-corrected chi connectivity index (χ3v) is 2.64. The average molecular weight is 301 g/mol. The number of rotatable bonds is 7. The zero-order valence-electron chi connectivity index (χ0n) is 12.1. The number of ether oxygens (including phenoxy) is 2. The van der Waals surface area contributed by atoms with Gasteiger partial charge in [0, 0.05) is 25.7 Å². The Morgan fingerprint density at radius 3 is 2.24 bits per heavy atom. The molecule has 21 heavy (non-hydrogen) atoms. The molecule has 0 aliphatic carbocycles. The SMILES string of the molecule is CCCC(=O)OC(CCC)OC(=O)ON1C(=O)CCC1=O. The molecule has 1 unspecified atom stereocenters. The first kappa shape index (κ1) is 16.9. The van der Waals surface area contributed by atoms with Gasteiger partial charge in [-0.1, -0.05) is 18.9 Å². The van der Waals surface area contributed by atoms with Gasteiger partial charge in [0.1, 0.15) is 0 Å². The highest BCUT2D eigenvalue weighted by atomic mass is 16.9. The topological polar surface area (TPSA) is 99.2 Å². The number of carbonyl (C=O) groups is 4. The van der Waals surface area contributed by atoms with Gasteiger partial charge in [-0.05, 0) is 12.8 Å². The summed E-state index contributed by atoms with van der Waals surface area (Å²) in [6, 6.07) is 0. The van der Waals surface area contributed by atoms with Gasteiger partial charge in [0.05, 0.1) is 0 Å². The molecule has 118 valence electrons. The lowest BCUT2D eigenvalue weighted by Crippen LogP contribution is -2.34. The van der Waals surface area contributed by atoms with Gasteiger partial charge in [-0.25, -0.2) is 4.79 Å². The fourth-order valence-electron chi connectivity index (χ4n) is 1.65. The number of amides is 2. The Hall–Kier alpha value is -2.12. The minimum absolute atomic E-state index is 0.00398. The minimum atomic E-state index is -1.25. The molecule has 0 aromatic carbocycles. The Kier molecular flexibility index (Phi) is 6.64. The number of hydrogen-bond donors (Lipinski definition) is 0. The molecule has 1 aliphatic heterocycles. The molecule has 2 amide bonds. The first-order valence-corrected chi connectivity index (χ1v) is 6.91. The Morgan fingerprint density at radius 2 is 1.71 bits per heavy atom. The van der Waals surface area contributed by atoms with E-state index in [0.717, 1.165) is 0 Å². The van der Waals surface area contributed by atoms with Crippen LogP contribution in [0.25, 0.3) is 0 Å². The van der Waals surface area contributed by atoms with Crippen LogP contribution in [0.5, 0.6) is 0 Å². The molecule has 1 rings (SSSR count). The van der Waals surface area contributed by atoms with Crippen molar-refractivity contribution in [3.8, 4) is 0 Å². The van der Waals surface area contributed by atoms with Crippen molar-refractivity contribution in [3.05, 3.63) is 0 Å². The van der Waals surface area contributed by atoms with Gasteiger partial charge in [0.15, 0.2) is 0 Å². The molecule has 0 radical (unpaired) electrons. The maximum atomic E-state index is 11.5. The zero-order valence-corrected chi connectivity index (χ0v) is 12.1. The zero-order chi connectivity index (χ0) is 15.8. The van der Waals surface area contributed by atoms with Crippen LogP contribution in [-0.2, 0) is 28.7 Å². The molecular formula is C13H19NO7. The standard InChI is InChI=1S/C13H19NO7/c1-3-5-11(17)19-12(6-4-2)20-13(18)21-14-9(15)7-8-10(14)16/h12H,3-8H2,1-2H3. The number of hydrogen-bond acceptors (Lipinski definition) is 7. The van der Waals surface area contributed by atoms with Crippen LogP contribution in [0.3, 0.4) is 0 Å². The summed E-state index contributed by atoms with van der Waals surface area (Å²) in [7, 11) is 0. The second-order valence-electron chi connectivity index (χ2n) is 4.50. The number of carbonyl (C=O) groups excluding carboxylic acids is 4. The highest BCUT2D eigenvalue weighted by molar-refractivity contribution is 6.01. The summed E-state index contributed by atoms with van der Waals surface area (Å²) in [5.74, 6) is -1.70. The van der Waals surface area contributed by atoms with E-state index in [0.29, 0.717) is 24.3 Å². The molecule has 0 bridgehead atoms. The maximum absolute atomic E-state index is 11.5. The van der Waals surface area contributed by atoms with Gasteiger partial charge in [-0.2, -0.15) is 0 Å². The Morgan fingerprint density at radius 1 is 1.10 bits per heavy atom. The fourth-order valence-corrected chi connectivity index (χ4v) is 1.65. The monoisotopic (exact) mass is 301 g/mol. The van der Waals surface area contributed by atoms with Gasteiger partial charge in [0.2, 0.25) is 0 Å². The van der Waals surface area contributed by atoms with Gasteiger partial charge in [-0.3, -0.25) is 19.2 Å². The summed E-state index contributed by atoms with van der Waals surface area (Å²) in [6.45, 7) is 3.64. The van der Waals surface area contributed by atoms with E-state index >= 15 is 0 Å². The summed E-state index contributed by atoms with van der Waals surface area (Å²) < 4.78 is 9.79. The molecule has 0 aromatic rings. The largest absolute Gasteiger partial charge is 0.537 e.